The highest BCUT2D eigenvalue weighted by Crippen LogP contribution is 2.34. The van der Waals surface area contributed by atoms with Crippen molar-refractivity contribution in [1.29, 1.82) is 0 Å². The van der Waals surface area contributed by atoms with Gasteiger partial charge < -0.3 is 19.5 Å². The first kappa shape index (κ1) is 29.4. The summed E-state index contributed by atoms with van der Waals surface area (Å²) in [5, 5.41) is 6.83. The normalized spacial score (nSPS) is 11.6. The molecule has 1 atom stereocenters. The second kappa shape index (κ2) is 15.3. The standard InChI is InChI=1S/C28H29BrIN3O5/c1-3-36-25-15-20(14-23(30)27(25)38-18-19-10-12-22(29)13-11-19)17-31-33-26(34)16-24(32-28(35)37-4-2)21-8-6-5-7-9-21/h5-15,17,24H,3-4,16,18H2,1-2H3,(H,32,35)(H,33,34)/b31-17-/t24-/m0/s1. The van der Waals surface area contributed by atoms with Gasteiger partial charge in [-0.3, -0.25) is 4.79 Å². The Morgan fingerprint density at radius 1 is 1.03 bits per heavy atom. The molecule has 0 radical (unpaired) electrons. The number of halogens is 2. The Balaban J connectivity index is 1.66. The number of ether oxygens (including phenoxy) is 3. The van der Waals surface area contributed by atoms with E-state index in [-0.39, 0.29) is 18.9 Å². The molecule has 10 heteroatoms. The van der Waals surface area contributed by atoms with Gasteiger partial charge in [0.05, 0.1) is 35.5 Å². The number of amides is 2. The fourth-order valence-electron chi connectivity index (χ4n) is 3.46. The van der Waals surface area contributed by atoms with Crippen LogP contribution >= 0.6 is 38.5 Å². The number of carbonyl (C=O) groups excluding carboxylic acids is 2. The van der Waals surface area contributed by atoms with Crippen molar-refractivity contribution in [2.45, 2.75) is 32.9 Å². The molecule has 0 aliphatic rings. The van der Waals surface area contributed by atoms with Crippen molar-refractivity contribution in [3.63, 3.8) is 0 Å². The Kier molecular flexibility index (Phi) is 11.9. The van der Waals surface area contributed by atoms with Crippen LogP contribution in [0.25, 0.3) is 0 Å². The van der Waals surface area contributed by atoms with E-state index in [2.05, 4.69) is 54.4 Å². The Labute approximate surface area is 244 Å². The maximum absolute atomic E-state index is 12.6. The van der Waals surface area contributed by atoms with Crippen molar-refractivity contribution in [3.8, 4) is 11.5 Å². The minimum Gasteiger partial charge on any atom is -0.490 e. The van der Waals surface area contributed by atoms with Gasteiger partial charge in [-0.2, -0.15) is 5.10 Å². The zero-order chi connectivity index (χ0) is 27.3. The van der Waals surface area contributed by atoms with Gasteiger partial charge in [0.15, 0.2) is 11.5 Å². The average Bonchev–Trinajstić information content (AvgIpc) is 2.90. The fraction of sp³-hybridized carbons (Fsp3) is 0.250. The van der Waals surface area contributed by atoms with Gasteiger partial charge in [-0.1, -0.05) is 58.4 Å². The van der Waals surface area contributed by atoms with Crippen molar-refractivity contribution < 1.29 is 23.8 Å². The SMILES string of the molecule is CCOC(=O)N[C@@H](CC(=O)N/N=C\c1cc(I)c(OCc2ccc(Br)cc2)c(OCC)c1)c1ccccc1. The van der Waals surface area contributed by atoms with Crippen LogP contribution in [-0.2, 0) is 16.1 Å². The molecule has 3 aromatic rings. The third-order valence-corrected chi connectivity index (χ3v) is 6.52. The maximum Gasteiger partial charge on any atom is 0.407 e. The summed E-state index contributed by atoms with van der Waals surface area (Å²) < 4.78 is 18.7. The molecular formula is C28H29BrIN3O5. The summed E-state index contributed by atoms with van der Waals surface area (Å²) in [6, 6.07) is 20.3. The van der Waals surface area contributed by atoms with Crippen molar-refractivity contribution >= 4 is 56.7 Å². The molecule has 200 valence electrons. The predicted octanol–water partition coefficient (Wildman–Crippen LogP) is 6.36. The predicted molar refractivity (Wildman–Crippen MR) is 158 cm³/mol. The van der Waals surface area contributed by atoms with Crippen LogP contribution in [-0.4, -0.2) is 31.4 Å². The summed E-state index contributed by atoms with van der Waals surface area (Å²) in [4.78, 5) is 24.6. The zero-order valence-corrected chi connectivity index (χ0v) is 24.8. The summed E-state index contributed by atoms with van der Waals surface area (Å²) in [7, 11) is 0. The summed E-state index contributed by atoms with van der Waals surface area (Å²) >= 11 is 5.63. The molecule has 0 unspecified atom stereocenters. The van der Waals surface area contributed by atoms with Crippen LogP contribution in [0.2, 0.25) is 0 Å². The quantitative estimate of drug-likeness (QED) is 0.131. The van der Waals surface area contributed by atoms with E-state index in [1.54, 1.807) is 6.92 Å². The number of alkyl carbamates (subject to hydrolysis) is 1. The molecule has 0 saturated carbocycles. The second-order valence-corrected chi connectivity index (χ2v) is 10.1. The molecule has 0 heterocycles. The molecule has 3 aromatic carbocycles. The molecule has 0 aliphatic carbocycles. The van der Waals surface area contributed by atoms with Crippen molar-refractivity contribution in [3.05, 3.63) is 91.5 Å². The topological polar surface area (TPSA) is 98.2 Å². The minimum atomic E-state index is -0.585. The minimum absolute atomic E-state index is 0.00919. The highest BCUT2D eigenvalue weighted by molar-refractivity contribution is 14.1. The molecule has 0 saturated heterocycles. The molecule has 3 rings (SSSR count). The molecular weight excluding hydrogens is 665 g/mol. The number of nitrogens with zero attached hydrogens (tertiary/aromatic N) is 1. The Morgan fingerprint density at radius 2 is 1.76 bits per heavy atom. The van der Waals surface area contributed by atoms with Crippen LogP contribution in [0.4, 0.5) is 4.79 Å². The van der Waals surface area contributed by atoms with Crippen LogP contribution in [0.3, 0.4) is 0 Å². The lowest BCUT2D eigenvalue weighted by atomic mass is 10.0. The van der Waals surface area contributed by atoms with E-state index in [1.165, 1.54) is 6.21 Å². The molecule has 0 fully saturated rings. The summed E-state index contributed by atoms with van der Waals surface area (Å²) in [6.07, 6.45) is 0.945. The van der Waals surface area contributed by atoms with Crippen LogP contribution in [0.15, 0.2) is 76.3 Å². The smallest absolute Gasteiger partial charge is 0.407 e. The monoisotopic (exact) mass is 693 g/mol. The fourth-order valence-corrected chi connectivity index (χ4v) is 4.51. The molecule has 2 N–H and O–H groups in total. The third-order valence-electron chi connectivity index (χ3n) is 5.19. The first-order chi connectivity index (χ1) is 18.4. The molecule has 0 bridgehead atoms. The molecule has 38 heavy (non-hydrogen) atoms. The summed E-state index contributed by atoms with van der Waals surface area (Å²) in [6.45, 7) is 4.73. The van der Waals surface area contributed by atoms with Gasteiger partial charge in [0.1, 0.15) is 6.61 Å². The van der Waals surface area contributed by atoms with Gasteiger partial charge in [-0.25, -0.2) is 10.2 Å². The first-order valence-corrected chi connectivity index (χ1v) is 13.9. The van der Waals surface area contributed by atoms with Crippen LogP contribution in [0.1, 0.15) is 43.0 Å². The summed E-state index contributed by atoms with van der Waals surface area (Å²) in [5.41, 5.74) is 5.09. The third kappa shape index (κ3) is 9.32. The number of hydrogen-bond acceptors (Lipinski definition) is 6. The van der Waals surface area contributed by atoms with Gasteiger partial charge in [-0.15, -0.1) is 0 Å². The highest BCUT2D eigenvalue weighted by atomic mass is 127. The van der Waals surface area contributed by atoms with E-state index in [0.717, 1.165) is 24.7 Å². The van der Waals surface area contributed by atoms with Gasteiger partial charge >= 0.3 is 6.09 Å². The van der Waals surface area contributed by atoms with E-state index in [9.17, 15) is 9.59 Å². The maximum atomic E-state index is 12.6. The van der Waals surface area contributed by atoms with Crippen molar-refractivity contribution in [1.82, 2.24) is 10.7 Å². The number of carbonyl (C=O) groups is 2. The number of rotatable bonds is 12. The number of hydrogen-bond donors (Lipinski definition) is 2. The largest absolute Gasteiger partial charge is 0.490 e. The zero-order valence-electron chi connectivity index (χ0n) is 21.1. The number of benzene rings is 3. The number of hydrazone groups is 1. The van der Waals surface area contributed by atoms with E-state index in [1.807, 2.05) is 73.7 Å². The van der Waals surface area contributed by atoms with Gasteiger partial charge in [0.25, 0.3) is 0 Å². The Bertz CT molecular complexity index is 1240. The first-order valence-electron chi connectivity index (χ1n) is 12.0. The second-order valence-electron chi connectivity index (χ2n) is 8.00. The average molecular weight is 694 g/mol. The van der Waals surface area contributed by atoms with Gasteiger partial charge in [0, 0.05) is 4.47 Å². The van der Waals surface area contributed by atoms with Crippen molar-refractivity contribution in [2.24, 2.45) is 5.10 Å². The van der Waals surface area contributed by atoms with E-state index in [4.69, 9.17) is 14.2 Å². The van der Waals surface area contributed by atoms with E-state index in [0.29, 0.717) is 24.7 Å². The lowest BCUT2D eigenvalue weighted by Gasteiger charge is -2.18. The Hall–Kier alpha value is -3.12. The van der Waals surface area contributed by atoms with E-state index < -0.39 is 12.1 Å². The van der Waals surface area contributed by atoms with Crippen LogP contribution in [0, 0.1) is 3.57 Å². The molecule has 2 amide bonds. The molecule has 8 nitrogen and oxygen atoms in total. The van der Waals surface area contributed by atoms with Crippen molar-refractivity contribution in [2.75, 3.05) is 13.2 Å². The summed E-state index contributed by atoms with van der Waals surface area (Å²) in [5.74, 6) is 0.875. The lowest BCUT2D eigenvalue weighted by Crippen LogP contribution is -2.33. The van der Waals surface area contributed by atoms with Gasteiger partial charge in [0.2, 0.25) is 5.91 Å². The molecule has 0 spiro atoms. The molecule has 0 aliphatic heterocycles. The van der Waals surface area contributed by atoms with E-state index >= 15 is 0 Å². The van der Waals surface area contributed by atoms with Gasteiger partial charge in [-0.05, 0) is 77.4 Å². The van der Waals surface area contributed by atoms with Crippen LogP contribution in [0.5, 0.6) is 11.5 Å². The highest BCUT2D eigenvalue weighted by Gasteiger charge is 2.19. The number of nitrogens with one attached hydrogen (secondary N) is 2. The lowest BCUT2D eigenvalue weighted by molar-refractivity contribution is -0.121. The Morgan fingerprint density at radius 3 is 2.45 bits per heavy atom. The van der Waals surface area contributed by atoms with Crippen LogP contribution < -0.4 is 20.2 Å². The molecule has 0 aromatic heterocycles.